The Hall–Kier alpha value is -2.27. The van der Waals surface area contributed by atoms with Crippen LogP contribution < -0.4 is 0 Å². The number of H-pyrrole nitrogens is 1. The SMILES string of the molecule is C=CCN1CCC2(c3cccc(O)c3)Cc3[nH]c4c(Cl)cccc4c3CC2(O)C1. The number of phenolic OH excluding ortho intramolecular Hbond substituents is 1. The van der Waals surface area contributed by atoms with Crippen molar-refractivity contribution in [3.63, 3.8) is 0 Å². The molecule has 0 bridgehead atoms. The van der Waals surface area contributed by atoms with Crippen molar-refractivity contribution >= 4 is 22.5 Å². The largest absolute Gasteiger partial charge is 0.508 e. The maximum Gasteiger partial charge on any atom is 0.115 e. The lowest BCUT2D eigenvalue weighted by atomic mass is 9.56. The second-order valence-electron chi connectivity index (χ2n) is 8.54. The number of halogens is 1. The van der Waals surface area contributed by atoms with Crippen LogP contribution >= 0.6 is 11.6 Å². The van der Waals surface area contributed by atoms with Gasteiger partial charge >= 0.3 is 0 Å². The summed E-state index contributed by atoms with van der Waals surface area (Å²) in [6.07, 6.45) is 3.94. The van der Waals surface area contributed by atoms with Crippen LogP contribution in [0.1, 0.15) is 23.2 Å². The van der Waals surface area contributed by atoms with Crippen molar-refractivity contribution in [2.45, 2.75) is 30.3 Å². The molecule has 2 atom stereocenters. The zero-order valence-electron chi connectivity index (χ0n) is 16.3. The van der Waals surface area contributed by atoms with Crippen molar-refractivity contribution in [1.82, 2.24) is 9.88 Å². The summed E-state index contributed by atoms with van der Waals surface area (Å²) in [6, 6.07) is 13.3. The summed E-state index contributed by atoms with van der Waals surface area (Å²) < 4.78 is 0. The number of β-amino-alcohol motifs (C(OH)–C–C–N with tert-alkyl or cyclic N) is 1. The number of fused-ring (bicyclic) bond motifs is 4. The van der Waals surface area contributed by atoms with Crippen molar-refractivity contribution in [3.05, 3.63) is 77.0 Å². The molecular formula is C24H25ClN2O2. The topological polar surface area (TPSA) is 59.5 Å². The van der Waals surface area contributed by atoms with Crippen molar-refractivity contribution < 1.29 is 10.2 Å². The summed E-state index contributed by atoms with van der Waals surface area (Å²) >= 11 is 6.46. The van der Waals surface area contributed by atoms with Gasteiger partial charge < -0.3 is 15.2 Å². The normalized spacial score (nSPS) is 26.8. The fourth-order valence-electron chi connectivity index (χ4n) is 5.56. The van der Waals surface area contributed by atoms with E-state index in [1.807, 2.05) is 36.4 Å². The predicted octanol–water partition coefficient (Wildman–Crippen LogP) is 4.19. The van der Waals surface area contributed by atoms with E-state index in [2.05, 4.69) is 22.5 Å². The highest BCUT2D eigenvalue weighted by molar-refractivity contribution is 6.35. The third-order valence-corrected chi connectivity index (χ3v) is 7.26. The molecule has 2 aromatic carbocycles. The van der Waals surface area contributed by atoms with E-state index in [1.165, 1.54) is 0 Å². The number of piperidine rings is 1. The summed E-state index contributed by atoms with van der Waals surface area (Å²) in [7, 11) is 0. The van der Waals surface area contributed by atoms with Gasteiger partial charge in [0, 0.05) is 42.4 Å². The third kappa shape index (κ3) is 2.74. The van der Waals surface area contributed by atoms with Crippen LogP contribution in [-0.4, -0.2) is 45.3 Å². The van der Waals surface area contributed by atoms with Gasteiger partial charge in [0.1, 0.15) is 5.75 Å². The van der Waals surface area contributed by atoms with Crippen LogP contribution in [0.25, 0.3) is 10.9 Å². The van der Waals surface area contributed by atoms with E-state index >= 15 is 0 Å². The molecule has 3 N–H and O–H groups in total. The van der Waals surface area contributed by atoms with Crippen LogP contribution in [-0.2, 0) is 18.3 Å². The quantitative estimate of drug-likeness (QED) is 0.569. The van der Waals surface area contributed by atoms with Crippen molar-refractivity contribution in [2.24, 2.45) is 0 Å². The summed E-state index contributed by atoms with van der Waals surface area (Å²) in [6.45, 7) is 6.07. The minimum atomic E-state index is -0.952. The zero-order valence-corrected chi connectivity index (χ0v) is 17.0. The minimum Gasteiger partial charge on any atom is -0.508 e. The number of nitrogens with zero attached hydrogens (tertiary/aromatic N) is 1. The first-order valence-electron chi connectivity index (χ1n) is 10.1. The Bertz CT molecular complexity index is 1110. The van der Waals surface area contributed by atoms with Crippen molar-refractivity contribution in [2.75, 3.05) is 19.6 Å². The Kier molecular flexibility index (Phi) is 4.28. The van der Waals surface area contributed by atoms with Gasteiger partial charge in [-0.1, -0.05) is 41.9 Å². The van der Waals surface area contributed by atoms with Gasteiger partial charge in [0.15, 0.2) is 0 Å². The maximum absolute atomic E-state index is 12.2. The van der Waals surface area contributed by atoms with Gasteiger partial charge in [-0.05, 0) is 42.3 Å². The Balaban J connectivity index is 1.70. The molecule has 150 valence electrons. The summed E-state index contributed by atoms with van der Waals surface area (Å²) in [4.78, 5) is 5.81. The second kappa shape index (κ2) is 6.63. The number of hydrogen-bond acceptors (Lipinski definition) is 3. The molecule has 1 saturated heterocycles. The van der Waals surface area contributed by atoms with Crippen LogP contribution in [0, 0.1) is 0 Å². The Morgan fingerprint density at radius 2 is 2.03 bits per heavy atom. The molecule has 2 unspecified atom stereocenters. The van der Waals surface area contributed by atoms with Crippen LogP contribution in [0.2, 0.25) is 5.02 Å². The van der Waals surface area contributed by atoms with E-state index in [0.717, 1.165) is 47.2 Å². The summed E-state index contributed by atoms with van der Waals surface area (Å²) in [5.74, 6) is 0.234. The standard InChI is InChI=1S/C24H25ClN2O2/c1-2-10-27-11-9-23(16-5-3-6-17(28)12-16)14-21-19(13-24(23,29)15-27)18-7-4-8-20(25)22(18)26-21/h2-8,12,26,28-29H,1,9-11,13-15H2. The van der Waals surface area contributed by atoms with E-state index in [-0.39, 0.29) is 5.75 Å². The number of hydrogen-bond donors (Lipinski definition) is 3. The molecule has 0 spiro atoms. The average Bonchev–Trinajstić information content (AvgIpc) is 3.04. The average molecular weight is 409 g/mol. The number of aromatic amines is 1. The molecule has 0 saturated carbocycles. The molecular weight excluding hydrogens is 384 g/mol. The number of rotatable bonds is 3. The number of aliphatic hydroxyl groups is 1. The summed E-state index contributed by atoms with van der Waals surface area (Å²) in [5.41, 5.74) is 2.81. The third-order valence-electron chi connectivity index (χ3n) is 6.94. The van der Waals surface area contributed by atoms with Gasteiger partial charge in [-0.3, -0.25) is 4.90 Å². The molecule has 1 aromatic heterocycles. The monoisotopic (exact) mass is 408 g/mol. The number of phenols is 1. The first-order chi connectivity index (χ1) is 14.0. The van der Waals surface area contributed by atoms with Crippen molar-refractivity contribution in [3.8, 4) is 5.75 Å². The lowest BCUT2D eigenvalue weighted by Gasteiger charge is -2.56. The number of nitrogens with one attached hydrogen (secondary N) is 1. The van der Waals surface area contributed by atoms with Gasteiger partial charge in [-0.15, -0.1) is 6.58 Å². The molecule has 1 fully saturated rings. The van der Waals surface area contributed by atoms with Crippen LogP contribution in [0.4, 0.5) is 0 Å². The van der Waals surface area contributed by atoms with Gasteiger partial charge in [0.05, 0.1) is 16.1 Å². The molecule has 1 aliphatic heterocycles. The smallest absolute Gasteiger partial charge is 0.115 e. The number of likely N-dealkylation sites (tertiary alicyclic amines) is 1. The van der Waals surface area contributed by atoms with Crippen molar-refractivity contribution in [1.29, 1.82) is 0 Å². The highest BCUT2D eigenvalue weighted by Gasteiger charge is 2.57. The Labute approximate surface area is 175 Å². The zero-order chi connectivity index (χ0) is 20.2. The summed E-state index contributed by atoms with van der Waals surface area (Å²) in [5, 5.41) is 24.1. The first-order valence-corrected chi connectivity index (χ1v) is 10.5. The Morgan fingerprint density at radius 1 is 1.21 bits per heavy atom. The van der Waals surface area contributed by atoms with Gasteiger partial charge in [-0.2, -0.15) is 0 Å². The first kappa shape index (κ1) is 18.7. The van der Waals surface area contributed by atoms with Gasteiger partial charge in [-0.25, -0.2) is 0 Å². The minimum absolute atomic E-state index is 0.234. The molecule has 5 heteroatoms. The number of aromatic hydroxyl groups is 1. The second-order valence-corrected chi connectivity index (χ2v) is 8.94. The molecule has 0 radical (unpaired) electrons. The van der Waals surface area contributed by atoms with Gasteiger partial charge in [0.2, 0.25) is 0 Å². The molecule has 1 aliphatic carbocycles. The lowest BCUT2D eigenvalue weighted by Crippen LogP contribution is -2.66. The Morgan fingerprint density at radius 3 is 2.83 bits per heavy atom. The molecule has 2 heterocycles. The molecule has 4 nitrogen and oxygen atoms in total. The van der Waals surface area contributed by atoms with E-state index in [1.54, 1.807) is 6.07 Å². The highest BCUT2D eigenvalue weighted by Crippen LogP contribution is 2.52. The number of aromatic nitrogens is 1. The molecule has 5 rings (SSSR count). The van der Waals surface area contributed by atoms with Crippen LogP contribution in [0.3, 0.4) is 0 Å². The van der Waals surface area contributed by atoms with E-state index < -0.39 is 11.0 Å². The highest BCUT2D eigenvalue weighted by atomic mass is 35.5. The predicted molar refractivity (Wildman–Crippen MR) is 117 cm³/mol. The molecule has 3 aromatic rings. The molecule has 2 aliphatic rings. The van der Waals surface area contributed by atoms with E-state index in [4.69, 9.17) is 11.6 Å². The van der Waals surface area contributed by atoms with Crippen LogP contribution in [0.15, 0.2) is 55.1 Å². The molecule has 29 heavy (non-hydrogen) atoms. The molecule has 0 amide bonds. The fourth-order valence-corrected chi connectivity index (χ4v) is 5.78. The van der Waals surface area contributed by atoms with Gasteiger partial charge in [0.25, 0.3) is 0 Å². The number of para-hydroxylation sites is 1. The number of benzene rings is 2. The van der Waals surface area contributed by atoms with E-state index in [9.17, 15) is 10.2 Å². The fraction of sp³-hybridized carbons (Fsp3) is 0.333. The lowest BCUT2D eigenvalue weighted by molar-refractivity contribution is -0.100. The maximum atomic E-state index is 12.2. The van der Waals surface area contributed by atoms with E-state index in [0.29, 0.717) is 24.4 Å². The van der Waals surface area contributed by atoms with Crippen LogP contribution in [0.5, 0.6) is 5.75 Å².